The van der Waals surface area contributed by atoms with E-state index >= 15 is 0 Å². The molecule has 0 aromatic heterocycles. The lowest BCUT2D eigenvalue weighted by molar-refractivity contribution is -0.183. The SMILES string of the molecule is C[C@@H](O)CNC1CCCC(C(F)(F)F)C1. The molecule has 3 atom stereocenters. The molecule has 0 bridgehead atoms. The predicted octanol–water partition coefficient (Wildman–Crippen LogP) is 2.08. The molecule has 0 aromatic rings. The van der Waals surface area contributed by atoms with Crippen LogP contribution in [0.1, 0.15) is 32.6 Å². The topological polar surface area (TPSA) is 32.3 Å². The second-order valence-electron chi connectivity index (χ2n) is 4.36. The smallest absolute Gasteiger partial charge is 0.391 e. The third kappa shape index (κ3) is 4.38. The van der Waals surface area contributed by atoms with Gasteiger partial charge in [-0.15, -0.1) is 0 Å². The Morgan fingerprint density at radius 2 is 2.07 bits per heavy atom. The van der Waals surface area contributed by atoms with Crippen molar-refractivity contribution in [2.75, 3.05) is 6.54 Å². The van der Waals surface area contributed by atoms with Crippen LogP contribution in [-0.4, -0.2) is 30.0 Å². The van der Waals surface area contributed by atoms with E-state index in [0.29, 0.717) is 13.0 Å². The van der Waals surface area contributed by atoms with Crippen LogP contribution in [0, 0.1) is 5.92 Å². The quantitative estimate of drug-likeness (QED) is 0.770. The lowest BCUT2D eigenvalue weighted by Crippen LogP contribution is -2.41. The number of rotatable bonds is 3. The van der Waals surface area contributed by atoms with E-state index in [1.807, 2.05) is 0 Å². The molecule has 2 nitrogen and oxygen atoms in total. The summed E-state index contributed by atoms with van der Waals surface area (Å²) in [5.74, 6) is -1.17. The normalized spacial score (nSPS) is 30.2. The number of hydrogen-bond acceptors (Lipinski definition) is 2. The van der Waals surface area contributed by atoms with Crippen molar-refractivity contribution < 1.29 is 18.3 Å². The molecule has 1 saturated carbocycles. The van der Waals surface area contributed by atoms with E-state index in [0.717, 1.165) is 6.42 Å². The highest BCUT2D eigenvalue weighted by atomic mass is 19.4. The molecule has 15 heavy (non-hydrogen) atoms. The van der Waals surface area contributed by atoms with E-state index in [1.54, 1.807) is 6.92 Å². The molecule has 0 spiro atoms. The fraction of sp³-hybridized carbons (Fsp3) is 1.00. The lowest BCUT2D eigenvalue weighted by atomic mass is 9.85. The molecule has 0 amide bonds. The third-order valence-corrected chi connectivity index (χ3v) is 2.84. The number of halogens is 3. The Labute approximate surface area is 87.9 Å². The first kappa shape index (κ1) is 12.8. The Morgan fingerprint density at radius 3 is 2.60 bits per heavy atom. The first-order valence-corrected chi connectivity index (χ1v) is 5.37. The summed E-state index contributed by atoms with van der Waals surface area (Å²) in [6.07, 6.45) is -2.78. The molecule has 2 unspecified atom stereocenters. The number of hydrogen-bond donors (Lipinski definition) is 2. The predicted molar refractivity (Wildman–Crippen MR) is 51.5 cm³/mol. The van der Waals surface area contributed by atoms with Gasteiger partial charge in [-0.1, -0.05) is 6.42 Å². The van der Waals surface area contributed by atoms with Gasteiger partial charge >= 0.3 is 6.18 Å². The van der Waals surface area contributed by atoms with E-state index in [-0.39, 0.29) is 18.9 Å². The molecule has 0 heterocycles. The molecule has 2 N–H and O–H groups in total. The number of aliphatic hydroxyl groups is 1. The van der Waals surface area contributed by atoms with Gasteiger partial charge in [0.05, 0.1) is 12.0 Å². The lowest BCUT2D eigenvalue weighted by Gasteiger charge is -2.31. The summed E-state index contributed by atoms with van der Waals surface area (Å²) in [5.41, 5.74) is 0. The van der Waals surface area contributed by atoms with E-state index in [4.69, 9.17) is 5.11 Å². The molecule has 1 fully saturated rings. The van der Waals surface area contributed by atoms with Gasteiger partial charge in [-0.2, -0.15) is 13.2 Å². The average molecular weight is 225 g/mol. The molecule has 1 aliphatic rings. The Balaban J connectivity index is 2.36. The molecule has 1 rings (SSSR count). The van der Waals surface area contributed by atoms with Crippen molar-refractivity contribution in [1.29, 1.82) is 0 Å². The van der Waals surface area contributed by atoms with Crippen LogP contribution in [0.15, 0.2) is 0 Å². The molecular weight excluding hydrogens is 207 g/mol. The molecular formula is C10H18F3NO. The van der Waals surface area contributed by atoms with Crippen LogP contribution in [0.25, 0.3) is 0 Å². The summed E-state index contributed by atoms with van der Waals surface area (Å²) in [5, 5.41) is 12.0. The average Bonchev–Trinajstić information content (AvgIpc) is 2.14. The first-order chi connectivity index (χ1) is 6.89. The van der Waals surface area contributed by atoms with Crippen LogP contribution in [-0.2, 0) is 0 Å². The molecule has 0 aromatic carbocycles. The van der Waals surface area contributed by atoms with Crippen molar-refractivity contribution in [2.45, 2.75) is 50.9 Å². The standard InChI is InChI=1S/C10H18F3NO/c1-7(15)6-14-9-4-2-3-8(5-9)10(11,12)13/h7-9,14-15H,2-6H2,1H3/t7-,8?,9?/m1/s1. The minimum Gasteiger partial charge on any atom is -0.392 e. The van der Waals surface area contributed by atoms with Crippen molar-refractivity contribution in [3.05, 3.63) is 0 Å². The van der Waals surface area contributed by atoms with Crippen LogP contribution in [0.4, 0.5) is 13.2 Å². The van der Waals surface area contributed by atoms with E-state index in [2.05, 4.69) is 5.32 Å². The minimum atomic E-state index is -4.06. The maximum Gasteiger partial charge on any atom is 0.391 e. The highest BCUT2D eigenvalue weighted by Gasteiger charge is 2.41. The fourth-order valence-corrected chi connectivity index (χ4v) is 2.01. The van der Waals surface area contributed by atoms with Crippen molar-refractivity contribution in [3.63, 3.8) is 0 Å². The summed E-state index contributed by atoms with van der Waals surface area (Å²) in [7, 11) is 0. The van der Waals surface area contributed by atoms with Gasteiger partial charge in [0.15, 0.2) is 0 Å². The monoisotopic (exact) mass is 225 g/mol. The van der Waals surface area contributed by atoms with Crippen molar-refractivity contribution in [3.8, 4) is 0 Å². The van der Waals surface area contributed by atoms with Crippen LogP contribution in [0.2, 0.25) is 0 Å². The summed E-state index contributed by atoms with van der Waals surface area (Å²) in [4.78, 5) is 0. The van der Waals surface area contributed by atoms with Crippen LogP contribution >= 0.6 is 0 Å². The second-order valence-corrected chi connectivity index (χ2v) is 4.36. The van der Waals surface area contributed by atoms with E-state index in [1.165, 1.54) is 0 Å². The summed E-state index contributed by atoms with van der Waals surface area (Å²) in [6.45, 7) is 1.99. The highest BCUT2D eigenvalue weighted by Crippen LogP contribution is 2.37. The van der Waals surface area contributed by atoms with Crippen molar-refractivity contribution in [2.24, 2.45) is 5.92 Å². The van der Waals surface area contributed by atoms with Crippen LogP contribution in [0.3, 0.4) is 0 Å². The zero-order valence-corrected chi connectivity index (χ0v) is 8.85. The highest BCUT2D eigenvalue weighted by molar-refractivity contribution is 4.81. The summed E-state index contributed by atoms with van der Waals surface area (Å²) < 4.78 is 37.3. The minimum absolute atomic E-state index is 0.0972. The van der Waals surface area contributed by atoms with Gasteiger partial charge in [0.25, 0.3) is 0 Å². The Bertz CT molecular complexity index is 194. The zero-order valence-electron chi connectivity index (χ0n) is 8.85. The van der Waals surface area contributed by atoms with Gasteiger partial charge in [-0.25, -0.2) is 0 Å². The molecule has 0 aliphatic heterocycles. The van der Waals surface area contributed by atoms with Gasteiger partial charge < -0.3 is 10.4 Å². The Morgan fingerprint density at radius 1 is 1.40 bits per heavy atom. The van der Waals surface area contributed by atoms with E-state index in [9.17, 15) is 13.2 Å². The zero-order chi connectivity index (χ0) is 11.5. The Kier molecular flexibility index (Phi) is 4.40. The van der Waals surface area contributed by atoms with Crippen molar-refractivity contribution >= 4 is 0 Å². The van der Waals surface area contributed by atoms with Gasteiger partial charge in [0, 0.05) is 12.6 Å². The fourth-order valence-electron chi connectivity index (χ4n) is 2.01. The van der Waals surface area contributed by atoms with E-state index < -0.39 is 18.2 Å². The van der Waals surface area contributed by atoms with Crippen molar-refractivity contribution in [1.82, 2.24) is 5.32 Å². The maximum atomic E-state index is 12.4. The number of alkyl halides is 3. The summed E-state index contributed by atoms with van der Waals surface area (Å²) in [6, 6.07) is -0.0972. The number of nitrogens with one attached hydrogen (secondary N) is 1. The molecule has 1 aliphatic carbocycles. The maximum absolute atomic E-state index is 12.4. The molecule has 0 saturated heterocycles. The van der Waals surface area contributed by atoms with Gasteiger partial charge in [-0.05, 0) is 26.2 Å². The number of aliphatic hydroxyl groups excluding tert-OH is 1. The van der Waals surface area contributed by atoms with Crippen LogP contribution < -0.4 is 5.32 Å². The summed E-state index contributed by atoms with van der Waals surface area (Å²) >= 11 is 0. The van der Waals surface area contributed by atoms with Gasteiger partial charge in [-0.3, -0.25) is 0 Å². The first-order valence-electron chi connectivity index (χ1n) is 5.37. The van der Waals surface area contributed by atoms with Crippen LogP contribution in [0.5, 0.6) is 0 Å². The third-order valence-electron chi connectivity index (χ3n) is 2.84. The molecule has 0 radical (unpaired) electrons. The molecule has 5 heteroatoms. The second kappa shape index (κ2) is 5.16. The van der Waals surface area contributed by atoms with Gasteiger partial charge in [0.2, 0.25) is 0 Å². The Hall–Kier alpha value is -0.290. The molecule has 90 valence electrons. The largest absolute Gasteiger partial charge is 0.392 e. The van der Waals surface area contributed by atoms with Gasteiger partial charge in [0.1, 0.15) is 0 Å².